The zero-order valence-corrected chi connectivity index (χ0v) is 13.6. The zero-order chi connectivity index (χ0) is 17.1. The molecular formula is C18H16N6O. The summed E-state index contributed by atoms with van der Waals surface area (Å²) in [6, 6.07) is 9.88. The number of hydrogen-bond donors (Lipinski definition) is 2. The second kappa shape index (κ2) is 6.56. The van der Waals surface area contributed by atoms with E-state index >= 15 is 0 Å². The number of fused-ring (bicyclic) bond motifs is 1. The number of benzene rings is 1. The summed E-state index contributed by atoms with van der Waals surface area (Å²) in [5.74, 6) is 1.20. The summed E-state index contributed by atoms with van der Waals surface area (Å²) < 4.78 is 5.63. The standard InChI is InChI=1S/C18H16N6O/c1-12-16-8-14(10-22-18(16)24-23-12)21-9-13-2-4-15(5-3-13)25-17-11-19-6-7-20-17/h2-8,10-11,21H,9H2,1H3,(H,22,23,24). The molecule has 0 fully saturated rings. The van der Waals surface area contributed by atoms with Crippen molar-refractivity contribution in [2.75, 3.05) is 5.32 Å². The van der Waals surface area contributed by atoms with Crippen molar-refractivity contribution in [3.8, 4) is 11.6 Å². The fourth-order valence-electron chi connectivity index (χ4n) is 2.45. The van der Waals surface area contributed by atoms with Gasteiger partial charge in [-0.1, -0.05) is 12.1 Å². The maximum absolute atomic E-state index is 5.63. The largest absolute Gasteiger partial charge is 0.438 e. The van der Waals surface area contributed by atoms with Gasteiger partial charge in [-0.05, 0) is 30.7 Å². The highest BCUT2D eigenvalue weighted by Gasteiger charge is 2.04. The molecule has 7 nitrogen and oxygen atoms in total. The molecule has 0 radical (unpaired) electrons. The average molecular weight is 332 g/mol. The SMILES string of the molecule is Cc1[nH]nc2ncc(NCc3ccc(Oc4cnccn4)cc3)cc12. The molecule has 0 bridgehead atoms. The van der Waals surface area contributed by atoms with E-state index in [-0.39, 0.29) is 0 Å². The van der Waals surface area contributed by atoms with Crippen LogP contribution in [0.15, 0.2) is 55.1 Å². The first-order chi connectivity index (χ1) is 12.3. The molecule has 0 unspecified atom stereocenters. The van der Waals surface area contributed by atoms with Crippen LogP contribution in [0.2, 0.25) is 0 Å². The summed E-state index contributed by atoms with van der Waals surface area (Å²) >= 11 is 0. The number of hydrogen-bond acceptors (Lipinski definition) is 6. The molecule has 7 heteroatoms. The van der Waals surface area contributed by atoms with Crippen molar-refractivity contribution >= 4 is 16.7 Å². The molecule has 1 aromatic carbocycles. The van der Waals surface area contributed by atoms with Crippen molar-refractivity contribution in [2.45, 2.75) is 13.5 Å². The van der Waals surface area contributed by atoms with E-state index in [0.717, 1.165) is 33.7 Å². The van der Waals surface area contributed by atoms with Gasteiger partial charge in [0.15, 0.2) is 5.65 Å². The van der Waals surface area contributed by atoms with Crippen molar-refractivity contribution in [2.24, 2.45) is 0 Å². The molecule has 0 aliphatic carbocycles. The zero-order valence-electron chi connectivity index (χ0n) is 13.6. The van der Waals surface area contributed by atoms with E-state index in [9.17, 15) is 0 Å². The van der Waals surface area contributed by atoms with E-state index < -0.39 is 0 Å². The van der Waals surface area contributed by atoms with Crippen LogP contribution in [0.25, 0.3) is 11.0 Å². The number of pyridine rings is 1. The van der Waals surface area contributed by atoms with Crippen LogP contribution in [0.4, 0.5) is 5.69 Å². The Balaban J connectivity index is 1.41. The minimum Gasteiger partial charge on any atom is -0.438 e. The van der Waals surface area contributed by atoms with Gasteiger partial charge in [-0.3, -0.25) is 10.1 Å². The average Bonchev–Trinajstić information content (AvgIpc) is 3.03. The first-order valence-electron chi connectivity index (χ1n) is 7.85. The number of H-pyrrole nitrogens is 1. The predicted octanol–water partition coefficient (Wildman–Crippen LogP) is 3.46. The highest BCUT2D eigenvalue weighted by atomic mass is 16.5. The molecule has 2 N–H and O–H groups in total. The summed E-state index contributed by atoms with van der Waals surface area (Å²) in [6.07, 6.45) is 6.57. The van der Waals surface area contributed by atoms with Crippen molar-refractivity contribution in [1.82, 2.24) is 25.1 Å². The van der Waals surface area contributed by atoms with E-state index in [1.54, 1.807) is 24.8 Å². The Morgan fingerprint density at radius 2 is 1.96 bits per heavy atom. The molecule has 3 aromatic heterocycles. The van der Waals surface area contributed by atoms with E-state index in [1.165, 1.54) is 0 Å². The van der Waals surface area contributed by atoms with E-state index in [0.29, 0.717) is 12.4 Å². The third-order valence-corrected chi connectivity index (χ3v) is 3.78. The molecule has 0 amide bonds. The summed E-state index contributed by atoms with van der Waals surface area (Å²) in [5.41, 5.74) is 3.83. The molecule has 0 aliphatic heterocycles. The Labute approximate surface area is 144 Å². The first kappa shape index (κ1) is 15.1. The number of aryl methyl sites for hydroxylation is 1. The van der Waals surface area contributed by atoms with E-state index in [4.69, 9.17) is 4.74 Å². The van der Waals surface area contributed by atoms with Gasteiger partial charge in [-0.2, -0.15) is 5.10 Å². The van der Waals surface area contributed by atoms with Gasteiger partial charge >= 0.3 is 0 Å². The van der Waals surface area contributed by atoms with Crippen molar-refractivity contribution in [3.63, 3.8) is 0 Å². The fourth-order valence-corrected chi connectivity index (χ4v) is 2.45. The van der Waals surface area contributed by atoms with Gasteiger partial charge in [0.25, 0.3) is 0 Å². The van der Waals surface area contributed by atoms with Gasteiger partial charge < -0.3 is 10.1 Å². The Morgan fingerprint density at radius 1 is 1.08 bits per heavy atom. The minimum absolute atomic E-state index is 0.475. The van der Waals surface area contributed by atoms with Gasteiger partial charge in [0.2, 0.25) is 5.88 Å². The molecule has 0 atom stereocenters. The quantitative estimate of drug-likeness (QED) is 0.582. The van der Waals surface area contributed by atoms with Gasteiger partial charge in [0.05, 0.1) is 18.1 Å². The number of ether oxygens (including phenoxy) is 1. The van der Waals surface area contributed by atoms with Crippen LogP contribution in [0.3, 0.4) is 0 Å². The molecule has 4 rings (SSSR count). The Morgan fingerprint density at radius 3 is 2.76 bits per heavy atom. The highest BCUT2D eigenvalue weighted by molar-refractivity contribution is 5.80. The van der Waals surface area contributed by atoms with Gasteiger partial charge in [0, 0.05) is 30.0 Å². The summed E-state index contributed by atoms with van der Waals surface area (Å²) in [5, 5.41) is 11.5. The Kier molecular flexibility index (Phi) is 3.96. The molecule has 0 spiro atoms. The molecule has 0 saturated heterocycles. The molecule has 0 saturated carbocycles. The Bertz CT molecular complexity index is 982. The normalized spacial score (nSPS) is 10.8. The summed E-state index contributed by atoms with van der Waals surface area (Å²) in [6.45, 7) is 2.67. The van der Waals surface area contributed by atoms with Crippen LogP contribution in [0.1, 0.15) is 11.3 Å². The summed E-state index contributed by atoms with van der Waals surface area (Å²) in [4.78, 5) is 12.4. The molecule has 25 heavy (non-hydrogen) atoms. The van der Waals surface area contributed by atoms with Crippen LogP contribution >= 0.6 is 0 Å². The topological polar surface area (TPSA) is 88.6 Å². The van der Waals surface area contributed by atoms with Crippen LogP contribution in [-0.2, 0) is 6.54 Å². The molecular weight excluding hydrogens is 316 g/mol. The lowest BCUT2D eigenvalue weighted by atomic mass is 10.2. The third-order valence-electron chi connectivity index (χ3n) is 3.78. The number of rotatable bonds is 5. The maximum atomic E-state index is 5.63. The number of nitrogens with one attached hydrogen (secondary N) is 2. The highest BCUT2D eigenvalue weighted by Crippen LogP contribution is 2.20. The third kappa shape index (κ3) is 3.40. The predicted molar refractivity (Wildman–Crippen MR) is 94.5 cm³/mol. The maximum Gasteiger partial charge on any atom is 0.237 e. The van der Waals surface area contributed by atoms with Gasteiger partial charge in [0.1, 0.15) is 5.75 Å². The monoisotopic (exact) mass is 332 g/mol. The Hall–Kier alpha value is -3.48. The molecule has 0 aliphatic rings. The van der Waals surface area contributed by atoms with Crippen LogP contribution in [0, 0.1) is 6.92 Å². The number of aromatic nitrogens is 5. The molecule has 4 aromatic rings. The fraction of sp³-hybridized carbons (Fsp3) is 0.111. The second-order valence-corrected chi connectivity index (χ2v) is 5.59. The number of anilines is 1. The van der Waals surface area contributed by atoms with E-state index in [1.807, 2.05) is 37.3 Å². The first-order valence-corrected chi connectivity index (χ1v) is 7.85. The lowest BCUT2D eigenvalue weighted by Gasteiger charge is -2.08. The van der Waals surface area contributed by atoms with Crippen LogP contribution < -0.4 is 10.1 Å². The van der Waals surface area contributed by atoms with Crippen LogP contribution in [-0.4, -0.2) is 25.1 Å². The van der Waals surface area contributed by atoms with E-state index in [2.05, 4.69) is 30.5 Å². The minimum atomic E-state index is 0.475. The van der Waals surface area contributed by atoms with Crippen molar-refractivity contribution in [1.29, 1.82) is 0 Å². The molecule has 3 heterocycles. The number of nitrogens with zero attached hydrogens (tertiary/aromatic N) is 4. The summed E-state index contributed by atoms with van der Waals surface area (Å²) in [7, 11) is 0. The van der Waals surface area contributed by atoms with Crippen molar-refractivity contribution in [3.05, 3.63) is 66.4 Å². The second-order valence-electron chi connectivity index (χ2n) is 5.59. The lowest BCUT2D eigenvalue weighted by Crippen LogP contribution is -2.00. The van der Waals surface area contributed by atoms with Gasteiger partial charge in [-0.15, -0.1) is 0 Å². The molecule has 124 valence electrons. The van der Waals surface area contributed by atoms with Crippen molar-refractivity contribution < 1.29 is 4.74 Å². The lowest BCUT2D eigenvalue weighted by molar-refractivity contribution is 0.460. The smallest absolute Gasteiger partial charge is 0.237 e. The van der Waals surface area contributed by atoms with Gasteiger partial charge in [-0.25, -0.2) is 9.97 Å². The van der Waals surface area contributed by atoms with Crippen LogP contribution in [0.5, 0.6) is 11.6 Å². The number of aromatic amines is 1.